The molecule has 1 atom stereocenters. The van der Waals surface area contributed by atoms with Gasteiger partial charge in [-0.25, -0.2) is 0 Å². The Balaban J connectivity index is 2.49. The molecular formula is C14H18N2O3. The molecule has 5 nitrogen and oxygen atoms in total. The van der Waals surface area contributed by atoms with Crippen LogP contribution >= 0.6 is 0 Å². The van der Waals surface area contributed by atoms with Crippen molar-refractivity contribution in [3.05, 3.63) is 48.6 Å². The minimum absolute atomic E-state index is 0.0773. The fourth-order valence-electron chi connectivity index (χ4n) is 1.60. The normalized spacial score (nSPS) is 11.6. The summed E-state index contributed by atoms with van der Waals surface area (Å²) in [5.41, 5.74) is 0.675. The highest BCUT2D eigenvalue weighted by molar-refractivity contribution is 5.80. The Bertz CT molecular complexity index is 432. The Morgan fingerprint density at radius 2 is 2.00 bits per heavy atom. The summed E-state index contributed by atoms with van der Waals surface area (Å²) in [6.07, 6.45) is 1.65. The Kier molecular flexibility index (Phi) is 6.32. The summed E-state index contributed by atoms with van der Waals surface area (Å²) in [6, 6.07) is 8.85. The molecule has 1 rings (SSSR count). The average Bonchev–Trinajstić information content (AvgIpc) is 2.40. The van der Waals surface area contributed by atoms with E-state index in [0.717, 1.165) is 0 Å². The summed E-state index contributed by atoms with van der Waals surface area (Å²) >= 11 is 0. The summed E-state index contributed by atoms with van der Waals surface area (Å²) in [7, 11) is 0. The molecule has 0 aliphatic rings. The number of nitrogens with one attached hydrogen (secondary N) is 2. The molecule has 0 bridgehead atoms. The van der Waals surface area contributed by atoms with Gasteiger partial charge in [0.25, 0.3) is 0 Å². The molecule has 0 fully saturated rings. The number of hydrogen-bond acceptors (Lipinski definition) is 3. The molecule has 1 unspecified atom stereocenters. The molecule has 102 valence electrons. The standard InChI is InChI=1S/C14H18N2O3/c1-2-8-15-10-13(17)16-9-12(14(18)19)11-6-4-3-5-7-11/h2-7,12,15H,1,8-10H2,(H,16,17)(H,18,19). The van der Waals surface area contributed by atoms with Crippen LogP contribution < -0.4 is 10.6 Å². The van der Waals surface area contributed by atoms with Gasteiger partial charge in [-0.15, -0.1) is 6.58 Å². The van der Waals surface area contributed by atoms with Crippen LogP contribution in [0.2, 0.25) is 0 Å². The lowest BCUT2D eigenvalue weighted by molar-refractivity contribution is -0.138. The van der Waals surface area contributed by atoms with Crippen molar-refractivity contribution in [3.63, 3.8) is 0 Å². The predicted octanol–water partition coefficient (Wildman–Crippen LogP) is 0.747. The van der Waals surface area contributed by atoms with Gasteiger partial charge in [-0.1, -0.05) is 36.4 Å². The topological polar surface area (TPSA) is 78.4 Å². The van der Waals surface area contributed by atoms with Crippen molar-refractivity contribution in [2.75, 3.05) is 19.6 Å². The van der Waals surface area contributed by atoms with Crippen LogP contribution in [0.3, 0.4) is 0 Å². The molecule has 0 spiro atoms. The zero-order valence-corrected chi connectivity index (χ0v) is 10.6. The largest absolute Gasteiger partial charge is 0.481 e. The van der Waals surface area contributed by atoms with E-state index in [1.54, 1.807) is 30.3 Å². The summed E-state index contributed by atoms with van der Waals surface area (Å²) in [5, 5.41) is 14.6. The fraction of sp³-hybridized carbons (Fsp3) is 0.286. The minimum Gasteiger partial charge on any atom is -0.481 e. The molecule has 1 amide bonds. The number of rotatable bonds is 8. The van der Waals surface area contributed by atoms with Crippen molar-refractivity contribution in [3.8, 4) is 0 Å². The van der Waals surface area contributed by atoms with Crippen molar-refractivity contribution in [1.82, 2.24) is 10.6 Å². The van der Waals surface area contributed by atoms with Crippen LogP contribution in [0.1, 0.15) is 11.5 Å². The first-order valence-corrected chi connectivity index (χ1v) is 6.01. The number of carbonyl (C=O) groups excluding carboxylic acids is 1. The predicted molar refractivity (Wildman–Crippen MR) is 72.9 cm³/mol. The lowest BCUT2D eigenvalue weighted by Crippen LogP contribution is -2.37. The number of benzene rings is 1. The van der Waals surface area contributed by atoms with Crippen LogP contribution in [0.15, 0.2) is 43.0 Å². The Morgan fingerprint density at radius 3 is 2.58 bits per heavy atom. The molecule has 3 N–H and O–H groups in total. The third kappa shape index (κ3) is 5.35. The first-order chi connectivity index (χ1) is 9.15. The van der Waals surface area contributed by atoms with Gasteiger partial charge in [0.2, 0.25) is 5.91 Å². The first-order valence-electron chi connectivity index (χ1n) is 6.01. The maximum absolute atomic E-state index is 11.5. The van der Waals surface area contributed by atoms with Crippen LogP contribution in [0.4, 0.5) is 0 Å². The average molecular weight is 262 g/mol. The molecular weight excluding hydrogens is 244 g/mol. The second-order valence-corrected chi connectivity index (χ2v) is 4.03. The van der Waals surface area contributed by atoms with Gasteiger partial charge in [-0.05, 0) is 5.56 Å². The highest BCUT2D eigenvalue weighted by Crippen LogP contribution is 2.14. The molecule has 0 heterocycles. The second kappa shape index (κ2) is 8.05. The Hall–Kier alpha value is -2.14. The zero-order valence-electron chi connectivity index (χ0n) is 10.6. The van der Waals surface area contributed by atoms with E-state index in [0.29, 0.717) is 12.1 Å². The Morgan fingerprint density at radius 1 is 1.32 bits per heavy atom. The van der Waals surface area contributed by atoms with Gasteiger partial charge < -0.3 is 15.7 Å². The Labute approximate surface area is 112 Å². The van der Waals surface area contributed by atoms with E-state index in [9.17, 15) is 14.7 Å². The van der Waals surface area contributed by atoms with Gasteiger partial charge >= 0.3 is 5.97 Å². The number of carboxylic acid groups (broad SMARTS) is 1. The molecule has 0 saturated carbocycles. The number of aliphatic carboxylic acids is 1. The van der Waals surface area contributed by atoms with Gasteiger partial charge in [-0.2, -0.15) is 0 Å². The van der Waals surface area contributed by atoms with Crippen LogP contribution in [-0.4, -0.2) is 36.6 Å². The van der Waals surface area contributed by atoms with Crippen LogP contribution in [-0.2, 0) is 9.59 Å². The van der Waals surface area contributed by atoms with Gasteiger partial charge in [0.1, 0.15) is 0 Å². The SMILES string of the molecule is C=CCNCC(=O)NCC(C(=O)O)c1ccccc1. The van der Waals surface area contributed by atoms with Crippen molar-refractivity contribution in [1.29, 1.82) is 0 Å². The zero-order chi connectivity index (χ0) is 14.1. The molecule has 1 aromatic carbocycles. The van der Waals surface area contributed by atoms with Crippen molar-refractivity contribution in [2.45, 2.75) is 5.92 Å². The molecule has 0 aliphatic carbocycles. The monoisotopic (exact) mass is 262 g/mol. The van der Waals surface area contributed by atoms with Crippen molar-refractivity contribution >= 4 is 11.9 Å². The highest BCUT2D eigenvalue weighted by atomic mass is 16.4. The second-order valence-electron chi connectivity index (χ2n) is 4.03. The molecule has 0 aliphatic heterocycles. The van der Waals surface area contributed by atoms with Gasteiger partial charge in [0, 0.05) is 13.1 Å². The smallest absolute Gasteiger partial charge is 0.312 e. The molecule has 0 aromatic heterocycles. The molecule has 19 heavy (non-hydrogen) atoms. The van der Waals surface area contributed by atoms with Gasteiger partial charge in [-0.3, -0.25) is 9.59 Å². The number of carbonyl (C=O) groups is 2. The lowest BCUT2D eigenvalue weighted by Gasteiger charge is -2.13. The summed E-state index contributed by atoms with van der Waals surface area (Å²) < 4.78 is 0. The van der Waals surface area contributed by atoms with E-state index in [1.165, 1.54) is 0 Å². The summed E-state index contributed by atoms with van der Waals surface area (Å²) in [4.78, 5) is 22.7. The number of hydrogen-bond donors (Lipinski definition) is 3. The van der Waals surface area contributed by atoms with E-state index in [2.05, 4.69) is 17.2 Å². The summed E-state index contributed by atoms with van der Waals surface area (Å²) in [6.45, 7) is 4.28. The third-order valence-electron chi connectivity index (χ3n) is 2.58. The van der Waals surface area contributed by atoms with E-state index in [4.69, 9.17) is 0 Å². The van der Waals surface area contributed by atoms with Gasteiger partial charge in [0.05, 0.1) is 12.5 Å². The maximum atomic E-state index is 11.5. The highest BCUT2D eigenvalue weighted by Gasteiger charge is 2.19. The lowest BCUT2D eigenvalue weighted by atomic mass is 9.99. The van der Waals surface area contributed by atoms with Crippen LogP contribution in [0, 0.1) is 0 Å². The molecule has 0 radical (unpaired) electrons. The molecule has 1 aromatic rings. The van der Waals surface area contributed by atoms with Crippen LogP contribution in [0.5, 0.6) is 0 Å². The van der Waals surface area contributed by atoms with Crippen molar-refractivity contribution < 1.29 is 14.7 Å². The minimum atomic E-state index is -0.953. The number of carboxylic acids is 1. The van der Waals surface area contributed by atoms with E-state index in [-0.39, 0.29) is 19.0 Å². The molecule has 5 heteroatoms. The quantitative estimate of drug-likeness (QED) is 0.477. The van der Waals surface area contributed by atoms with Crippen molar-refractivity contribution in [2.24, 2.45) is 0 Å². The maximum Gasteiger partial charge on any atom is 0.312 e. The van der Waals surface area contributed by atoms with E-state index >= 15 is 0 Å². The number of amides is 1. The summed E-state index contributed by atoms with van der Waals surface area (Å²) in [5.74, 6) is -1.92. The van der Waals surface area contributed by atoms with E-state index in [1.807, 2.05) is 6.07 Å². The third-order valence-corrected chi connectivity index (χ3v) is 2.58. The van der Waals surface area contributed by atoms with E-state index < -0.39 is 11.9 Å². The first kappa shape index (κ1) is 14.9. The molecule has 0 saturated heterocycles. The van der Waals surface area contributed by atoms with Crippen LogP contribution in [0.25, 0.3) is 0 Å². The van der Waals surface area contributed by atoms with Gasteiger partial charge in [0.15, 0.2) is 0 Å². The fourth-order valence-corrected chi connectivity index (χ4v) is 1.60.